The van der Waals surface area contributed by atoms with Crippen LogP contribution in [0.3, 0.4) is 0 Å². The molecule has 0 saturated carbocycles. The molecule has 4 N–H and O–H groups in total. The van der Waals surface area contributed by atoms with Crippen molar-refractivity contribution in [1.29, 1.82) is 0 Å². The third-order valence-corrected chi connectivity index (χ3v) is 3.45. The largest absolute Gasteiger partial charge is 0.394 e. The van der Waals surface area contributed by atoms with Crippen molar-refractivity contribution in [2.75, 3.05) is 6.61 Å². The Labute approximate surface area is 102 Å². The Morgan fingerprint density at radius 1 is 1.24 bits per heavy atom. The van der Waals surface area contributed by atoms with Gasteiger partial charge in [0.25, 0.3) is 0 Å². The molecule has 1 heterocycles. The van der Waals surface area contributed by atoms with Gasteiger partial charge in [0.15, 0.2) is 0 Å². The van der Waals surface area contributed by atoms with Crippen LogP contribution in [0.5, 0.6) is 0 Å². The zero-order valence-electron chi connectivity index (χ0n) is 10.4. The molecule has 1 unspecified atom stereocenters. The number of rotatable bonds is 5. The molecule has 1 saturated heterocycles. The van der Waals surface area contributed by atoms with Crippen LogP contribution in [0.1, 0.15) is 33.1 Å². The first-order valence-corrected chi connectivity index (χ1v) is 6.18. The van der Waals surface area contributed by atoms with Crippen molar-refractivity contribution in [2.45, 2.75) is 57.5 Å². The average Bonchev–Trinajstić information content (AvgIpc) is 2.34. The second-order valence-electron chi connectivity index (χ2n) is 4.78. The zero-order valence-corrected chi connectivity index (χ0v) is 10.4. The van der Waals surface area contributed by atoms with Crippen LogP contribution in [0.25, 0.3) is 0 Å². The second kappa shape index (κ2) is 6.66. The number of hydrogen-bond donors (Lipinski definition) is 4. The van der Waals surface area contributed by atoms with Gasteiger partial charge in [0.2, 0.25) is 0 Å². The van der Waals surface area contributed by atoms with E-state index >= 15 is 0 Å². The van der Waals surface area contributed by atoms with Crippen LogP contribution in [-0.2, 0) is 4.74 Å². The Hall–Kier alpha value is -0.200. The Bertz CT molecular complexity index is 221. The number of ether oxygens (including phenoxy) is 1. The molecule has 1 radical (unpaired) electrons. The molecule has 1 aliphatic heterocycles. The first kappa shape index (κ1) is 14.9. The van der Waals surface area contributed by atoms with E-state index in [2.05, 4.69) is 13.8 Å². The summed E-state index contributed by atoms with van der Waals surface area (Å²) in [5.74, 6) is 0.509. The Morgan fingerprint density at radius 3 is 2.41 bits per heavy atom. The molecule has 5 heteroatoms. The molecule has 17 heavy (non-hydrogen) atoms. The van der Waals surface area contributed by atoms with E-state index in [1.165, 1.54) is 0 Å². The molecule has 1 aliphatic rings. The lowest BCUT2D eigenvalue weighted by molar-refractivity contribution is -0.192. The number of hydrogen-bond acceptors (Lipinski definition) is 5. The van der Waals surface area contributed by atoms with Gasteiger partial charge in [0.1, 0.15) is 30.5 Å². The van der Waals surface area contributed by atoms with Gasteiger partial charge in [-0.05, 0) is 18.8 Å². The maximum absolute atomic E-state index is 9.75. The van der Waals surface area contributed by atoms with Crippen molar-refractivity contribution in [3.63, 3.8) is 0 Å². The van der Waals surface area contributed by atoms with Crippen LogP contribution in [0.4, 0.5) is 0 Å². The summed E-state index contributed by atoms with van der Waals surface area (Å²) in [6, 6.07) is 0. The van der Waals surface area contributed by atoms with Crippen molar-refractivity contribution < 1.29 is 25.2 Å². The van der Waals surface area contributed by atoms with Gasteiger partial charge in [-0.25, -0.2) is 0 Å². The lowest BCUT2D eigenvalue weighted by Gasteiger charge is -2.39. The topological polar surface area (TPSA) is 90.2 Å². The highest BCUT2D eigenvalue weighted by molar-refractivity contribution is 5.02. The predicted molar refractivity (Wildman–Crippen MR) is 61.9 cm³/mol. The smallest absolute Gasteiger partial charge is 0.129 e. The summed E-state index contributed by atoms with van der Waals surface area (Å²) in [5, 5.41) is 37.9. The van der Waals surface area contributed by atoms with Gasteiger partial charge in [-0.2, -0.15) is 0 Å². The molecule has 101 valence electrons. The van der Waals surface area contributed by atoms with Crippen LogP contribution in [-0.4, -0.2) is 51.4 Å². The summed E-state index contributed by atoms with van der Waals surface area (Å²) >= 11 is 0. The van der Waals surface area contributed by atoms with Gasteiger partial charge < -0.3 is 25.2 Å². The molecular formula is C12H23O5. The Balaban J connectivity index is 2.53. The van der Waals surface area contributed by atoms with Crippen molar-refractivity contribution in [1.82, 2.24) is 0 Å². The average molecular weight is 247 g/mol. The summed E-state index contributed by atoms with van der Waals surface area (Å²) < 4.78 is 5.33. The van der Waals surface area contributed by atoms with Gasteiger partial charge in [-0.15, -0.1) is 0 Å². The van der Waals surface area contributed by atoms with Gasteiger partial charge in [0, 0.05) is 0 Å². The minimum Gasteiger partial charge on any atom is -0.394 e. The molecule has 5 atom stereocenters. The quantitative estimate of drug-likeness (QED) is 0.541. The van der Waals surface area contributed by atoms with E-state index in [0.717, 1.165) is 12.8 Å². The zero-order chi connectivity index (χ0) is 13.0. The normalized spacial score (nSPS) is 37.1. The fraction of sp³-hybridized carbons (Fsp3) is 0.917. The lowest BCUT2D eigenvalue weighted by atomic mass is 9.90. The summed E-state index contributed by atoms with van der Waals surface area (Å²) in [5.41, 5.74) is 0. The lowest BCUT2D eigenvalue weighted by Crippen LogP contribution is -2.55. The SMILES string of the molecule is CCC(C)CC[C]1O[C@H](CO)[C@@H](O)[C@H](O)[C@H]1O. The third kappa shape index (κ3) is 3.63. The molecule has 5 nitrogen and oxygen atoms in total. The van der Waals surface area contributed by atoms with E-state index in [4.69, 9.17) is 9.84 Å². The highest BCUT2D eigenvalue weighted by atomic mass is 16.5. The maximum atomic E-state index is 9.75. The fourth-order valence-electron chi connectivity index (χ4n) is 1.88. The number of aliphatic hydroxyl groups is 4. The fourth-order valence-corrected chi connectivity index (χ4v) is 1.88. The van der Waals surface area contributed by atoms with Gasteiger partial charge in [0.05, 0.1) is 6.61 Å². The molecule has 1 rings (SSSR count). The summed E-state index contributed by atoms with van der Waals surface area (Å²) in [4.78, 5) is 0. The molecule has 0 bridgehead atoms. The van der Waals surface area contributed by atoms with E-state index in [1.807, 2.05) is 0 Å². The van der Waals surface area contributed by atoms with Gasteiger partial charge in [-0.1, -0.05) is 20.3 Å². The Kier molecular flexibility index (Phi) is 5.82. The van der Waals surface area contributed by atoms with E-state index in [1.54, 1.807) is 0 Å². The molecule has 0 aromatic rings. The van der Waals surface area contributed by atoms with Gasteiger partial charge >= 0.3 is 0 Å². The molecule has 0 aliphatic carbocycles. The Morgan fingerprint density at radius 2 is 1.88 bits per heavy atom. The van der Waals surface area contributed by atoms with Crippen LogP contribution in [0.2, 0.25) is 0 Å². The molecule has 1 fully saturated rings. The van der Waals surface area contributed by atoms with Crippen LogP contribution >= 0.6 is 0 Å². The number of aliphatic hydroxyl groups excluding tert-OH is 4. The molecule has 0 aromatic carbocycles. The van der Waals surface area contributed by atoms with E-state index < -0.39 is 24.4 Å². The molecule has 0 aromatic heterocycles. The van der Waals surface area contributed by atoms with Crippen molar-refractivity contribution in [2.24, 2.45) is 5.92 Å². The molecule has 0 amide bonds. The van der Waals surface area contributed by atoms with Crippen molar-refractivity contribution in [3.8, 4) is 0 Å². The van der Waals surface area contributed by atoms with Crippen molar-refractivity contribution in [3.05, 3.63) is 6.10 Å². The van der Waals surface area contributed by atoms with Gasteiger partial charge in [-0.3, -0.25) is 0 Å². The van der Waals surface area contributed by atoms with Crippen LogP contribution < -0.4 is 0 Å². The standard InChI is InChI=1S/C12H23O5/c1-3-7(2)4-5-8-10(14)12(16)11(15)9(6-13)17-8/h7,9-16H,3-6H2,1-2H3/t7?,9-,10+,11-,12-/m1/s1. The summed E-state index contributed by atoms with van der Waals surface area (Å²) in [6.45, 7) is 3.81. The van der Waals surface area contributed by atoms with E-state index in [9.17, 15) is 15.3 Å². The van der Waals surface area contributed by atoms with Crippen LogP contribution in [0.15, 0.2) is 0 Å². The predicted octanol–water partition coefficient (Wildman–Crippen LogP) is -0.182. The highest BCUT2D eigenvalue weighted by Gasteiger charge is 2.43. The maximum Gasteiger partial charge on any atom is 0.129 e. The molecule has 0 spiro atoms. The second-order valence-corrected chi connectivity index (χ2v) is 4.78. The summed E-state index contributed by atoms with van der Waals surface area (Å²) in [7, 11) is 0. The monoisotopic (exact) mass is 247 g/mol. The third-order valence-electron chi connectivity index (χ3n) is 3.45. The van der Waals surface area contributed by atoms with Crippen LogP contribution in [0, 0.1) is 12.0 Å². The molecular weight excluding hydrogens is 224 g/mol. The minimum atomic E-state index is -1.28. The highest BCUT2D eigenvalue weighted by Crippen LogP contribution is 2.30. The van der Waals surface area contributed by atoms with Crippen molar-refractivity contribution >= 4 is 0 Å². The first-order chi connectivity index (χ1) is 8.01. The summed E-state index contributed by atoms with van der Waals surface area (Å²) in [6.07, 6.45) is -1.76. The minimum absolute atomic E-state index is 0.363. The van der Waals surface area contributed by atoms with E-state index in [0.29, 0.717) is 18.4 Å². The van der Waals surface area contributed by atoms with E-state index in [-0.39, 0.29) is 6.61 Å². The first-order valence-electron chi connectivity index (χ1n) is 6.18.